The molecular formula is C27H30N2O5. The van der Waals surface area contributed by atoms with Gasteiger partial charge in [-0.05, 0) is 61.7 Å². The molecular weight excluding hydrogens is 432 g/mol. The number of hydrogen-bond acceptors (Lipinski definition) is 5. The van der Waals surface area contributed by atoms with Crippen LogP contribution in [0.15, 0.2) is 71.3 Å². The van der Waals surface area contributed by atoms with Crippen LogP contribution in [0.3, 0.4) is 0 Å². The van der Waals surface area contributed by atoms with Gasteiger partial charge in [-0.15, -0.1) is 0 Å². The summed E-state index contributed by atoms with van der Waals surface area (Å²) >= 11 is 0. The van der Waals surface area contributed by atoms with E-state index in [0.29, 0.717) is 29.4 Å². The summed E-state index contributed by atoms with van der Waals surface area (Å²) in [6.07, 6.45) is 5.48. The number of carbonyl (C=O) groups excluding carboxylic acids is 2. The van der Waals surface area contributed by atoms with E-state index in [0.717, 1.165) is 25.7 Å². The highest BCUT2D eigenvalue weighted by atomic mass is 16.5. The Morgan fingerprint density at radius 3 is 2.44 bits per heavy atom. The fraction of sp³-hybridized carbons (Fsp3) is 0.333. The first-order chi connectivity index (χ1) is 16.6. The summed E-state index contributed by atoms with van der Waals surface area (Å²) < 4.78 is 16.6. The van der Waals surface area contributed by atoms with E-state index >= 15 is 0 Å². The van der Waals surface area contributed by atoms with Crippen molar-refractivity contribution in [1.82, 2.24) is 5.32 Å². The molecule has 3 aromatic rings. The quantitative estimate of drug-likeness (QED) is 0.477. The molecule has 1 N–H and O–H groups in total. The van der Waals surface area contributed by atoms with Crippen molar-refractivity contribution in [2.75, 3.05) is 18.6 Å². The molecule has 178 valence electrons. The minimum Gasteiger partial charge on any atom is -0.495 e. The zero-order valence-corrected chi connectivity index (χ0v) is 19.5. The average molecular weight is 463 g/mol. The second-order valence-electron chi connectivity index (χ2n) is 8.22. The van der Waals surface area contributed by atoms with Crippen LogP contribution in [0.2, 0.25) is 0 Å². The van der Waals surface area contributed by atoms with Gasteiger partial charge in [0.25, 0.3) is 5.91 Å². The van der Waals surface area contributed by atoms with Gasteiger partial charge in [-0.25, -0.2) is 0 Å². The molecule has 2 amide bonds. The van der Waals surface area contributed by atoms with E-state index in [2.05, 4.69) is 5.32 Å². The molecule has 1 fully saturated rings. The predicted molar refractivity (Wildman–Crippen MR) is 129 cm³/mol. The summed E-state index contributed by atoms with van der Waals surface area (Å²) in [5.74, 6) is 0.627. The van der Waals surface area contributed by atoms with Crippen LogP contribution in [-0.4, -0.2) is 31.6 Å². The summed E-state index contributed by atoms with van der Waals surface area (Å²) in [7, 11) is 1.54. The number of para-hydroxylation sites is 2. The molecule has 1 aromatic heterocycles. The van der Waals surface area contributed by atoms with Gasteiger partial charge in [0.15, 0.2) is 5.76 Å². The van der Waals surface area contributed by atoms with Gasteiger partial charge in [-0.1, -0.05) is 37.1 Å². The number of amides is 2. The maximum Gasteiger partial charge on any atom is 0.295 e. The molecule has 0 spiro atoms. The van der Waals surface area contributed by atoms with E-state index in [1.807, 2.05) is 43.3 Å². The van der Waals surface area contributed by atoms with Gasteiger partial charge < -0.3 is 19.2 Å². The molecule has 0 unspecified atom stereocenters. The van der Waals surface area contributed by atoms with E-state index in [4.69, 9.17) is 13.9 Å². The summed E-state index contributed by atoms with van der Waals surface area (Å²) in [5, 5.41) is 3.17. The summed E-state index contributed by atoms with van der Waals surface area (Å²) in [6, 6.07) is 16.8. The number of nitrogens with zero attached hydrogens (tertiary/aromatic N) is 1. The Morgan fingerprint density at radius 2 is 1.79 bits per heavy atom. The number of nitrogens with one attached hydrogen (secondary N) is 1. The van der Waals surface area contributed by atoms with Gasteiger partial charge in [-0.2, -0.15) is 0 Å². The van der Waals surface area contributed by atoms with Crippen molar-refractivity contribution in [2.24, 2.45) is 0 Å². The number of furan rings is 1. The number of hydrogen-bond donors (Lipinski definition) is 1. The summed E-state index contributed by atoms with van der Waals surface area (Å²) in [4.78, 5) is 29.0. The molecule has 0 radical (unpaired) electrons. The first-order valence-electron chi connectivity index (χ1n) is 11.7. The maximum atomic E-state index is 13.8. The number of anilines is 1. The molecule has 2 aromatic carbocycles. The fourth-order valence-corrected chi connectivity index (χ4v) is 4.39. The minimum absolute atomic E-state index is 0.0935. The molecule has 1 saturated carbocycles. The van der Waals surface area contributed by atoms with Crippen LogP contribution in [0.5, 0.6) is 11.5 Å². The monoisotopic (exact) mass is 462 g/mol. The lowest BCUT2D eigenvalue weighted by atomic mass is 10.0. The SMILES string of the molecule is CCOc1ccc([C@@H](C(=O)NC2CCCC2)N(C(=O)c2ccco2)c2ccccc2OC)cc1. The first kappa shape index (κ1) is 23.4. The van der Waals surface area contributed by atoms with Crippen molar-refractivity contribution in [3.8, 4) is 11.5 Å². The topological polar surface area (TPSA) is 81.0 Å². The lowest BCUT2D eigenvalue weighted by Crippen LogP contribution is -2.46. The van der Waals surface area contributed by atoms with Crippen molar-refractivity contribution in [1.29, 1.82) is 0 Å². The molecule has 1 heterocycles. The van der Waals surface area contributed by atoms with E-state index in [9.17, 15) is 9.59 Å². The Kier molecular flexibility index (Phi) is 7.52. The van der Waals surface area contributed by atoms with Crippen LogP contribution < -0.4 is 19.7 Å². The number of ether oxygens (including phenoxy) is 2. The molecule has 0 saturated heterocycles. The maximum absolute atomic E-state index is 13.8. The number of rotatable bonds is 9. The second-order valence-corrected chi connectivity index (χ2v) is 8.22. The molecule has 4 rings (SSSR count). The molecule has 1 atom stereocenters. The number of benzene rings is 2. The standard InChI is InChI=1S/C27H30N2O5/c1-3-33-21-16-14-19(15-17-21)25(26(30)28-20-9-4-5-10-20)29(27(31)24-13-8-18-34-24)22-11-6-7-12-23(22)32-2/h6-8,11-18,20,25H,3-5,9-10H2,1-2H3,(H,28,30)/t25-/m0/s1. The van der Waals surface area contributed by atoms with E-state index < -0.39 is 11.9 Å². The third-order valence-electron chi connectivity index (χ3n) is 6.01. The molecule has 34 heavy (non-hydrogen) atoms. The molecule has 7 heteroatoms. The Balaban J connectivity index is 1.82. The van der Waals surface area contributed by atoms with Crippen LogP contribution in [0.1, 0.15) is 54.8 Å². The Bertz CT molecular complexity index is 1090. The zero-order valence-electron chi connectivity index (χ0n) is 19.5. The Labute approximate surface area is 199 Å². The van der Waals surface area contributed by atoms with E-state index in [1.54, 1.807) is 31.4 Å². The fourth-order valence-electron chi connectivity index (χ4n) is 4.39. The van der Waals surface area contributed by atoms with E-state index in [1.165, 1.54) is 11.2 Å². The Morgan fingerprint density at radius 1 is 1.06 bits per heavy atom. The number of methoxy groups -OCH3 is 1. The second kappa shape index (κ2) is 10.9. The zero-order chi connectivity index (χ0) is 23.9. The van der Waals surface area contributed by atoms with Crippen molar-refractivity contribution in [2.45, 2.75) is 44.7 Å². The van der Waals surface area contributed by atoms with E-state index in [-0.39, 0.29) is 17.7 Å². The number of carbonyl (C=O) groups is 2. The third kappa shape index (κ3) is 5.09. The van der Waals surface area contributed by atoms with Crippen molar-refractivity contribution in [3.63, 3.8) is 0 Å². The highest BCUT2D eigenvalue weighted by Gasteiger charge is 2.37. The van der Waals surface area contributed by atoms with Crippen molar-refractivity contribution in [3.05, 3.63) is 78.3 Å². The van der Waals surface area contributed by atoms with Crippen LogP contribution in [0, 0.1) is 0 Å². The van der Waals surface area contributed by atoms with Crippen LogP contribution >= 0.6 is 0 Å². The normalized spacial score (nSPS) is 14.4. The van der Waals surface area contributed by atoms with Crippen LogP contribution in [0.25, 0.3) is 0 Å². The summed E-state index contributed by atoms with van der Waals surface area (Å²) in [6.45, 7) is 2.45. The minimum atomic E-state index is -0.940. The van der Waals surface area contributed by atoms with Gasteiger partial charge >= 0.3 is 0 Å². The van der Waals surface area contributed by atoms with Crippen molar-refractivity contribution < 1.29 is 23.5 Å². The van der Waals surface area contributed by atoms with Gasteiger partial charge in [0, 0.05) is 6.04 Å². The van der Waals surface area contributed by atoms with Crippen molar-refractivity contribution >= 4 is 17.5 Å². The first-order valence-corrected chi connectivity index (χ1v) is 11.7. The van der Waals surface area contributed by atoms with Gasteiger partial charge in [0.1, 0.15) is 17.5 Å². The summed E-state index contributed by atoms with van der Waals surface area (Å²) in [5.41, 5.74) is 1.14. The molecule has 0 aliphatic heterocycles. The van der Waals surface area contributed by atoms with Gasteiger partial charge in [0.05, 0.1) is 25.7 Å². The van der Waals surface area contributed by atoms with Crippen LogP contribution in [-0.2, 0) is 4.79 Å². The lowest BCUT2D eigenvalue weighted by molar-refractivity contribution is -0.123. The molecule has 1 aliphatic carbocycles. The highest BCUT2D eigenvalue weighted by Crippen LogP contribution is 2.37. The largest absolute Gasteiger partial charge is 0.495 e. The molecule has 1 aliphatic rings. The smallest absolute Gasteiger partial charge is 0.295 e. The third-order valence-corrected chi connectivity index (χ3v) is 6.01. The molecule has 0 bridgehead atoms. The van der Waals surface area contributed by atoms with Gasteiger partial charge in [-0.3, -0.25) is 14.5 Å². The lowest BCUT2D eigenvalue weighted by Gasteiger charge is -2.32. The van der Waals surface area contributed by atoms with Gasteiger partial charge in [0.2, 0.25) is 5.91 Å². The average Bonchev–Trinajstić information content (AvgIpc) is 3.58. The van der Waals surface area contributed by atoms with Crippen LogP contribution in [0.4, 0.5) is 5.69 Å². The highest BCUT2D eigenvalue weighted by molar-refractivity contribution is 6.09. The predicted octanol–water partition coefficient (Wildman–Crippen LogP) is 5.13. The molecule has 7 nitrogen and oxygen atoms in total. The Hall–Kier alpha value is -3.74.